The van der Waals surface area contributed by atoms with E-state index >= 15 is 0 Å². The Hall–Kier alpha value is -2.60. The van der Waals surface area contributed by atoms with Crippen molar-refractivity contribution < 1.29 is 14.3 Å². The van der Waals surface area contributed by atoms with Crippen LogP contribution in [-0.4, -0.2) is 27.1 Å². The molecule has 0 aliphatic heterocycles. The molecule has 0 heterocycles. The zero-order valence-corrected chi connectivity index (χ0v) is 15.7. The fraction of sp³-hybridized carbons (Fsp3) is 0.158. The molecule has 130 valence electrons. The first-order valence-corrected chi connectivity index (χ1v) is 8.25. The first kappa shape index (κ1) is 18.7. The van der Waals surface area contributed by atoms with Gasteiger partial charge in [0.15, 0.2) is 5.78 Å². The highest BCUT2D eigenvalue weighted by Crippen LogP contribution is 2.25. The molecule has 0 saturated heterocycles. The second-order valence-electron chi connectivity index (χ2n) is 5.07. The van der Waals surface area contributed by atoms with Crippen molar-refractivity contribution in [3.05, 3.63) is 68.3 Å². The zero-order chi connectivity index (χ0) is 18.4. The Bertz CT molecular complexity index is 878. The number of hydrogen-bond acceptors (Lipinski definition) is 5. The van der Waals surface area contributed by atoms with Crippen LogP contribution in [0.5, 0.6) is 11.5 Å². The lowest BCUT2D eigenvalue weighted by atomic mass is 10.1. The van der Waals surface area contributed by atoms with Crippen LogP contribution in [0, 0.1) is 0 Å². The fourth-order valence-electron chi connectivity index (χ4n) is 2.24. The number of anilines is 1. The van der Waals surface area contributed by atoms with Crippen LogP contribution in [0.25, 0.3) is 6.08 Å². The predicted molar refractivity (Wildman–Crippen MR) is 103 cm³/mol. The quantitative estimate of drug-likeness (QED) is 0.587. The molecule has 0 bridgehead atoms. The third-order valence-corrected chi connectivity index (χ3v) is 4.06. The number of rotatable bonds is 6. The van der Waals surface area contributed by atoms with Gasteiger partial charge in [-0.3, -0.25) is 9.59 Å². The molecule has 1 N–H and O–H groups in total. The third kappa shape index (κ3) is 4.48. The van der Waals surface area contributed by atoms with Gasteiger partial charge in [0.2, 0.25) is 5.43 Å². The van der Waals surface area contributed by atoms with E-state index in [1.165, 1.54) is 12.1 Å². The van der Waals surface area contributed by atoms with Crippen LogP contribution in [0.4, 0.5) is 5.69 Å². The molecule has 2 aromatic carbocycles. The van der Waals surface area contributed by atoms with E-state index in [1.807, 2.05) is 0 Å². The van der Waals surface area contributed by atoms with Gasteiger partial charge in [-0.1, -0.05) is 15.9 Å². The van der Waals surface area contributed by atoms with E-state index in [0.29, 0.717) is 27.2 Å². The highest BCUT2D eigenvalue weighted by atomic mass is 79.9. The van der Waals surface area contributed by atoms with E-state index in [9.17, 15) is 9.59 Å². The molecule has 6 heteroatoms. The molecule has 2 aromatic rings. The number of hydrogen-bond donors (Lipinski definition) is 1. The topological polar surface area (TPSA) is 64.6 Å². The van der Waals surface area contributed by atoms with E-state index < -0.39 is 5.78 Å². The van der Waals surface area contributed by atoms with Crippen molar-refractivity contribution in [1.29, 1.82) is 0 Å². The van der Waals surface area contributed by atoms with Crippen molar-refractivity contribution in [3.8, 4) is 11.5 Å². The van der Waals surface area contributed by atoms with Gasteiger partial charge in [0.25, 0.3) is 0 Å². The molecule has 0 aromatic heterocycles. The summed E-state index contributed by atoms with van der Waals surface area (Å²) in [7, 11) is 4.74. The van der Waals surface area contributed by atoms with Gasteiger partial charge < -0.3 is 14.8 Å². The number of ether oxygens (including phenoxy) is 2. The number of carbonyl (C=O) groups excluding carboxylic acids is 1. The van der Waals surface area contributed by atoms with E-state index in [1.54, 1.807) is 57.7 Å². The molecule has 0 unspecified atom stereocenters. The largest absolute Gasteiger partial charge is 0.497 e. The maximum atomic E-state index is 12.5. The smallest absolute Gasteiger partial charge is 0.212 e. The molecule has 5 nitrogen and oxygen atoms in total. The summed E-state index contributed by atoms with van der Waals surface area (Å²) in [5, 5.41) is 2.80. The number of halogens is 1. The number of methoxy groups -OCH3 is 2. The van der Waals surface area contributed by atoms with Crippen LogP contribution >= 0.6 is 15.9 Å². The molecular weight excluding hydrogens is 386 g/mol. The summed E-state index contributed by atoms with van der Waals surface area (Å²) in [4.78, 5) is 25.0. The molecule has 0 aliphatic carbocycles. The summed E-state index contributed by atoms with van der Waals surface area (Å²) >= 11 is 3.32. The van der Waals surface area contributed by atoms with Crippen LogP contribution in [0.3, 0.4) is 0 Å². The lowest BCUT2D eigenvalue weighted by Crippen LogP contribution is -2.14. The van der Waals surface area contributed by atoms with Gasteiger partial charge >= 0.3 is 0 Å². The van der Waals surface area contributed by atoms with E-state index in [4.69, 9.17) is 9.47 Å². The Kier molecular flexibility index (Phi) is 6.36. The summed E-state index contributed by atoms with van der Waals surface area (Å²) in [6, 6.07) is 10.1. The Morgan fingerprint density at radius 3 is 2.52 bits per heavy atom. The summed E-state index contributed by atoms with van der Waals surface area (Å²) in [6.45, 7) is 0. The van der Waals surface area contributed by atoms with Crippen LogP contribution < -0.4 is 20.2 Å². The average Bonchev–Trinajstić information content (AvgIpc) is 2.77. The SMILES string of the molecule is CNc1ccc(Br)cc(C(=O)/C=C/c2cc(OC)ccc2OC)c1=O. The molecule has 0 aliphatic rings. The molecule has 2 rings (SSSR count). The molecule has 0 saturated carbocycles. The van der Waals surface area contributed by atoms with Crippen LogP contribution in [-0.2, 0) is 0 Å². The maximum absolute atomic E-state index is 12.5. The van der Waals surface area contributed by atoms with Crippen LogP contribution in [0.15, 0.2) is 51.7 Å². The van der Waals surface area contributed by atoms with Crippen molar-refractivity contribution >= 4 is 33.5 Å². The van der Waals surface area contributed by atoms with Crippen molar-refractivity contribution in [2.45, 2.75) is 0 Å². The van der Waals surface area contributed by atoms with Crippen LogP contribution in [0.2, 0.25) is 0 Å². The molecule has 0 amide bonds. The second kappa shape index (κ2) is 8.48. The Morgan fingerprint density at radius 2 is 1.88 bits per heavy atom. The number of nitrogens with one attached hydrogen (secondary N) is 1. The fourth-order valence-corrected chi connectivity index (χ4v) is 2.60. The van der Waals surface area contributed by atoms with E-state index in [2.05, 4.69) is 21.2 Å². The van der Waals surface area contributed by atoms with Crippen molar-refractivity contribution in [2.24, 2.45) is 0 Å². The van der Waals surface area contributed by atoms with Gasteiger partial charge in [-0.05, 0) is 48.6 Å². The highest BCUT2D eigenvalue weighted by Gasteiger charge is 2.11. The monoisotopic (exact) mass is 403 g/mol. The lowest BCUT2D eigenvalue weighted by molar-refractivity contribution is 0.104. The number of benzene rings is 1. The van der Waals surface area contributed by atoms with Crippen LogP contribution in [0.1, 0.15) is 15.9 Å². The van der Waals surface area contributed by atoms with Gasteiger partial charge in [0.1, 0.15) is 11.5 Å². The number of allylic oxidation sites excluding steroid dienone is 1. The van der Waals surface area contributed by atoms with Crippen molar-refractivity contribution in [3.63, 3.8) is 0 Å². The Morgan fingerprint density at radius 1 is 1.12 bits per heavy atom. The Labute approximate surface area is 154 Å². The number of ketones is 1. The van der Waals surface area contributed by atoms with Gasteiger partial charge in [-0.15, -0.1) is 0 Å². The maximum Gasteiger partial charge on any atom is 0.212 e. The summed E-state index contributed by atoms with van der Waals surface area (Å²) in [6.07, 6.45) is 2.95. The normalized spacial score (nSPS) is 10.6. The molecular formula is C19H18BrNO4. The summed E-state index contributed by atoms with van der Waals surface area (Å²) in [5.74, 6) is 0.843. The highest BCUT2D eigenvalue weighted by molar-refractivity contribution is 9.10. The van der Waals surface area contributed by atoms with E-state index in [-0.39, 0.29) is 11.0 Å². The first-order valence-electron chi connectivity index (χ1n) is 7.46. The summed E-state index contributed by atoms with van der Waals surface area (Å²) < 4.78 is 11.1. The van der Waals surface area contributed by atoms with Gasteiger partial charge in [0, 0.05) is 17.1 Å². The number of carbonyl (C=O) groups is 1. The van der Waals surface area contributed by atoms with Gasteiger partial charge in [-0.2, -0.15) is 0 Å². The standard InChI is InChI=1S/C19H18BrNO4/c1-21-16-7-5-13(20)11-15(19(16)23)17(22)8-4-12-10-14(24-2)6-9-18(12)25-3/h4-11H,1-3H3,(H,21,23)/b8-4+. The molecule has 25 heavy (non-hydrogen) atoms. The lowest BCUT2D eigenvalue weighted by Gasteiger charge is -2.07. The predicted octanol–water partition coefficient (Wildman–Crippen LogP) is 3.76. The average molecular weight is 404 g/mol. The zero-order valence-electron chi connectivity index (χ0n) is 14.1. The van der Waals surface area contributed by atoms with Gasteiger partial charge in [0.05, 0.1) is 25.5 Å². The first-order chi connectivity index (χ1) is 12.0. The van der Waals surface area contributed by atoms with Crippen molar-refractivity contribution in [1.82, 2.24) is 0 Å². The van der Waals surface area contributed by atoms with Crippen molar-refractivity contribution in [2.75, 3.05) is 26.6 Å². The molecule has 0 radical (unpaired) electrons. The molecule has 0 atom stereocenters. The second-order valence-corrected chi connectivity index (χ2v) is 5.99. The third-order valence-electron chi connectivity index (χ3n) is 3.57. The van der Waals surface area contributed by atoms with Gasteiger partial charge in [-0.25, -0.2) is 0 Å². The minimum absolute atomic E-state index is 0.0688. The summed E-state index contributed by atoms with van der Waals surface area (Å²) in [5.41, 5.74) is 0.733. The molecule has 0 spiro atoms. The Balaban J connectivity index is 2.44. The minimum atomic E-state index is -0.400. The minimum Gasteiger partial charge on any atom is -0.497 e. The molecule has 0 fully saturated rings. The van der Waals surface area contributed by atoms with E-state index in [0.717, 1.165) is 0 Å².